The lowest BCUT2D eigenvalue weighted by molar-refractivity contribution is 0.414. The molecule has 3 heteroatoms. The van der Waals surface area contributed by atoms with Gasteiger partial charge in [-0.2, -0.15) is 0 Å². The van der Waals surface area contributed by atoms with Crippen LogP contribution >= 0.6 is 0 Å². The van der Waals surface area contributed by atoms with Gasteiger partial charge in [0.25, 0.3) is 0 Å². The number of benzene rings is 1. The average molecular weight is 222 g/mol. The van der Waals surface area contributed by atoms with Crippen LogP contribution < -0.4 is 15.0 Å². The van der Waals surface area contributed by atoms with Gasteiger partial charge in [-0.05, 0) is 25.6 Å². The summed E-state index contributed by atoms with van der Waals surface area (Å²) in [6.07, 6.45) is 0. The molecule has 0 bridgehead atoms. The first-order valence-corrected chi connectivity index (χ1v) is 5.76. The van der Waals surface area contributed by atoms with Crippen molar-refractivity contribution in [3.8, 4) is 5.75 Å². The highest BCUT2D eigenvalue weighted by atomic mass is 16.5. The van der Waals surface area contributed by atoms with E-state index in [-0.39, 0.29) is 0 Å². The van der Waals surface area contributed by atoms with Crippen molar-refractivity contribution in [3.05, 3.63) is 24.3 Å². The first-order chi connectivity index (χ1) is 7.69. The van der Waals surface area contributed by atoms with Crippen LogP contribution in [-0.4, -0.2) is 33.3 Å². The van der Waals surface area contributed by atoms with Gasteiger partial charge in [-0.25, -0.2) is 0 Å². The van der Waals surface area contributed by atoms with Gasteiger partial charge in [0, 0.05) is 31.4 Å². The number of likely N-dealkylation sites (N-methyl/N-ethyl adjacent to an activating group) is 2. The van der Waals surface area contributed by atoms with E-state index < -0.39 is 0 Å². The van der Waals surface area contributed by atoms with Crippen LogP contribution in [0, 0.1) is 0 Å². The molecular weight excluding hydrogens is 200 g/mol. The zero-order valence-electron chi connectivity index (χ0n) is 10.7. The molecule has 0 aliphatic carbocycles. The van der Waals surface area contributed by atoms with Crippen molar-refractivity contribution in [2.45, 2.75) is 19.9 Å². The second-order valence-electron chi connectivity index (χ2n) is 3.97. The summed E-state index contributed by atoms with van der Waals surface area (Å²) in [7, 11) is 3.80. The second-order valence-corrected chi connectivity index (χ2v) is 3.97. The van der Waals surface area contributed by atoms with E-state index in [9.17, 15) is 0 Å². The number of nitrogens with one attached hydrogen (secondary N) is 1. The van der Waals surface area contributed by atoms with Crippen molar-refractivity contribution >= 4 is 5.69 Å². The lowest BCUT2D eigenvalue weighted by Crippen LogP contribution is -2.37. The Balaban J connectivity index is 2.67. The van der Waals surface area contributed by atoms with Crippen LogP contribution in [0.4, 0.5) is 5.69 Å². The van der Waals surface area contributed by atoms with E-state index in [4.69, 9.17) is 4.74 Å². The molecule has 1 aromatic carbocycles. The lowest BCUT2D eigenvalue weighted by Gasteiger charge is -2.27. The van der Waals surface area contributed by atoms with Crippen LogP contribution in [0.2, 0.25) is 0 Å². The van der Waals surface area contributed by atoms with Crippen molar-refractivity contribution in [2.75, 3.05) is 32.1 Å². The fraction of sp³-hybridized carbons (Fsp3) is 0.538. The van der Waals surface area contributed by atoms with Crippen molar-refractivity contribution < 1.29 is 4.74 Å². The normalized spacial score (nSPS) is 12.2. The summed E-state index contributed by atoms with van der Waals surface area (Å²) in [6, 6.07) is 8.61. The van der Waals surface area contributed by atoms with Gasteiger partial charge in [-0.3, -0.25) is 0 Å². The molecule has 16 heavy (non-hydrogen) atoms. The first-order valence-electron chi connectivity index (χ1n) is 5.76. The summed E-state index contributed by atoms with van der Waals surface area (Å²) >= 11 is 0. The van der Waals surface area contributed by atoms with E-state index in [1.165, 1.54) is 5.69 Å². The standard InChI is InChI=1S/C13H22N2O/c1-5-14-10-11(2)15(3)12-7-6-8-13(9-12)16-4/h6-9,11,14H,5,10H2,1-4H3. The average Bonchev–Trinajstić information content (AvgIpc) is 2.35. The molecule has 0 saturated heterocycles. The van der Waals surface area contributed by atoms with Crippen LogP contribution in [0.25, 0.3) is 0 Å². The largest absolute Gasteiger partial charge is 0.497 e. The molecule has 0 heterocycles. The number of hydrogen-bond donors (Lipinski definition) is 1. The van der Waals surface area contributed by atoms with Gasteiger partial charge in [0.15, 0.2) is 0 Å². The van der Waals surface area contributed by atoms with Crippen molar-refractivity contribution in [1.29, 1.82) is 0 Å². The molecule has 1 rings (SSSR count). The summed E-state index contributed by atoms with van der Waals surface area (Å²) < 4.78 is 5.22. The third-order valence-corrected chi connectivity index (χ3v) is 2.81. The number of ether oxygens (including phenoxy) is 1. The minimum atomic E-state index is 0.465. The number of nitrogens with zero attached hydrogens (tertiary/aromatic N) is 1. The predicted molar refractivity (Wildman–Crippen MR) is 69.4 cm³/mol. The fourth-order valence-electron chi connectivity index (χ4n) is 1.57. The van der Waals surface area contributed by atoms with Gasteiger partial charge >= 0.3 is 0 Å². The molecule has 0 saturated carbocycles. The minimum Gasteiger partial charge on any atom is -0.497 e. The number of rotatable bonds is 6. The molecule has 0 spiro atoms. The van der Waals surface area contributed by atoms with Crippen LogP contribution in [0.5, 0.6) is 5.75 Å². The molecule has 1 atom stereocenters. The molecule has 1 N–H and O–H groups in total. The SMILES string of the molecule is CCNCC(C)N(C)c1cccc(OC)c1. The zero-order chi connectivity index (χ0) is 12.0. The van der Waals surface area contributed by atoms with E-state index in [1.54, 1.807) is 7.11 Å². The van der Waals surface area contributed by atoms with Gasteiger partial charge in [-0.1, -0.05) is 13.0 Å². The third-order valence-electron chi connectivity index (χ3n) is 2.81. The Kier molecular flexibility index (Phi) is 5.12. The third kappa shape index (κ3) is 3.42. The van der Waals surface area contributed by atoms with Gasteiger partial charge < -0.3 is 15.0 Å². The highest BCUT2D eigenvalue weighted by Gasteiger charge is 2.09. The van der Waals surface area contributed by atoms with Crippen molar-refractivity contribution in [2.24, 2.45) is 0 Å². The summed E-state index contributed by atoms with van der Waals surface area (Å²) in [5, 5.41) is 3.35. The minimum absolute atomic E-state index is 0.465. The number of hydrogen-bond acceptors (Lipinski definition) is 3. The molecule has 90 valence electrons. The molecule has 0 aromatic heterocycles. The maximum atomic E-state index is 5.22. The molecule has 3 nitrogen and oxygen atoms in total. The highest BCUT2D eigenvalue weighted by Crippen LogP contribution is 2.21. The van der Waals surface area contributed by atoms with Crippen LogP contribution in [0.3, 0.4) is 0 Å². The van der Waals surface area contributed by atoms with Crippen molar-refractivity contribution in [1.82, 2.24) is 5.32 Å². The summed E-state index contributed by atoms with van der Waals surface area (Å²) in [6.45, 7) is 6.33. The molecule has 1 unspecified atom stereocenters. The van der Waals surface area contributed by atoms with Crippen LogP contribution in [0.15, 0.2) is 24.3 Å². The Bertz CT molecular complexity index is 315. The molecular formula is C13H22N2O. The Morgan fingerprint density at radius 2 is 2.19 bits per heavy atom. The Hall–Kier alpha value is -1.22. The first kappa shape index (κ1) is 12.8. The molecule has 0 fully saturated rings. The monoisotopic (exact) mass is 222 g/mol. The van der Waals surface area contributed by atoms with Crippen LogP contribution in [0.1, 0.15) is 13.8 Å². The molecule has 0 radical (unpaired) electrons. The van der Waals surface area contributed by atoms with Gasteiger partial charge in [0.05, 0.1) is 7.11 Å². The highest BCUT2D eigenvalue weighted by molar-refractivity contribution is 5.50. The molecule has 0 amide bonds. The summed E-state index contributed by atoms with van der Waals surface area (Å²) in [5.74, 6) is 0.903. The fourth-order valence-corrected chi connectivity index (χ4v) is 1.57. The molecule has 0 aliphatic rings. The van der Waals surface area contributed by atoms with Gasteiger partial charge in [-0.15, -0.1) is 0 Å². The maximum Gasteiger partial charge on any atom is 0.120 e. The van der Waals surface area contributed by atoms with E-state index in [0.717, 1.165) is 18.8 Å². The Morgan fingerprint density at radius 3 is 2.81 bits per heavy atom. The summed E-state index contributed by atoms with van der Waals surface area (Å²) in [5.41, 5.74) is 1.18. The molecule has 0 aliphatic heterocycles. The van der Waals surface area contributed by atoms with Gasteiger partial charge in [0.2, 0.25) is 0 Å². The topological polar surface area (TPSA) is 24.5 Å². The summed E-state index contributed by atoms with van der Waals surface area (Å²) in [4.78, 5) is 2.26. The van der Waals surface area contributed by atoms with E-state index in [2.05, 4.69) is 43.2 Å². The Morgan fingerprint density at radius 1 is 1.44 bits per heavy atom. The number of anilines is 1. The molecule has 1 aromatic rings. The van der Waals surface area contributed by atoms with E-state index >= 15 is 0 Å². The zero-order valence-corrected chi connectivity index (χ0v) is 10.7. The van der Waals surface area contributed by atoms with Crippen LogP contribution in [-0.2, 0) is 0 Å². The lowest BCUT2D eigenvalue weighted by atomic mass is 10.2. The Labute approximate surface area is 98.4 Å². The quantitative estimate of drug-likeness (QED) is 0.798. The maximum absolute atomic E-state index is 5.22. The van der Waals surface area contributed by atoms with E-state index in [1.807, 2.05) is 12.1 Å². The number of methoxy groups -OCH3 is 1. The smallest absolute Gasteiger partial charge is 0.120 e. The van der Waals surface area contributed by atoms with Crippen molar-refractivity contribution in [3.63, 3.8) is 0 Å². The predicted octanol–water partition coefficient (Wildman–Crippen LogP) is 2.13. The second kappa shape index (κ2) is 6.38. The van der Waals surface area contributed by atoms with E-state index in [0.29, 0.717) is 6.04 Å². The van der Waals surface area contributed by atoms with Gasteiger partial charge in [0.1, 0.15) is 5.75 Å².